The maximum Gasteiger partial charge on any atom is 0.251 e. The number of amides is 1. The fraction of sp³-hybridized carbons (Fsp3) is 0.296. The third-order valence-corrected chi connectivity index (χ3v) is 6.56. The summed E-state index contributed by atoms with van der Waals surface area (Å²) in [6.07, 6.45) is 5.72. The number of nitrogens with zero attached hydrogens (tertiary/aromatic N) is 3. The minimum absolute atomic E-state index is 0.121. The van der Waals surface area contributed by atoms with Crippen molar-refractivity contribution in [1.82, 2.24) is 20.3 Å². The minimum atomic E-state index is -0.121. The summed E-state index contributed by atoms with van der Waals surface area (Å²) in [7, 11) is 3.15. The summed E-state index contributed by atoms with van der Waals surface area (Å²) < 4.78 is 10.5. The quantitative estimate of drug-likeness (QED) is 0.418. The maximum absolute atomic E-state index is 12.7. The molecule has 0 bridgehead atoms. The molecule has 0 radical (unpaired) electrons. The number of methoxy groups -OCH3 is 2. The molecule has 1 aliphatic rings. The van der Waals surface area contributed by atoms with Crippen molar-refractivity contribution in [1.29, 1.82) is 0 Å². The number of hydrogen-bond donors (Lipinski definition) is 2. The molecule has 0 atom stereocenters. The van der Waals surface area contributed by atoms with Crippen molar-refractivity contribution >= 4 is 22.6 Å². The van der Waals surface area contributed by atoms with Crippen molar-refractivity contribution in [3.63, 3.8) is 0 Å². The Balaban J connectivity index is 1.18. The first kappa shape index (κ1) is 22.7. The Kier molecular flexibility index (Phi) is 6.52. The molecule has 35 heavy (non-hydrogen) atoms. The van der Waals surface area contributed by atoms with Crippen molar-refractivity contribution in [3.8, 4) is 22.9 Å². The van der Waals surface area contributed by atoms with E-state index in [0.717, 1.165) is 48.7 Å². The van der Waals surface area contributed by atoms with Crippen LogP contribution >= 0.6 is 0 Å². The molecule has 8 heteroatoms. The number of carbonyl (C=O) groups excluding carboxylic acids is 1. The van der Waals surface area contributed by atoms with Gasteiger partial charge in [0.1, 0.15) is 17.3 Å². The van der Waals surface area contributed by atoms with Crippen LogP contribution < -0.4 is 19.7 Å². The van der Waals surface area contributed by atoms with E-state index in [1.54, 1.807) is 32.4 Å². The molecule has 0 spiro atoms. The highest BCUT2D eigenvalue weighted by atomic mass is 16.5. The van der Waals surface area contributed by atoms with E-state index in [9.17, 15) is 4.79 Å². The van der Waals surface area contributed by atoms with Gasteiger partial charge in [0.05, 0.1) is 14.2 Å². The van der Waals surface area contributed by atoms with Gasteiger partial charge >= 0.3 is 0 Å². The number of aromatic nitrogens is 3. The average molecular weight is 472 g/mol. The number of rotatable bonds is 7. The van der Waals surface area contributed by atoms with Gasteiger partial charge in [-0.1, -0.05) is 12.1 Å². The topological polar surface area (TPSA) is 92.4 Å². The first-order valence-corrected chi connectivity index (χ1v) is 11.8. The lowest BCUT2D eigenvalue weighted by Crippen LogP contribution is -2.39. The van der Waals surface area contributed by atoms with Gasteiger partial charge in [-0.15, -0.1) is 0 Å². The van der Waals surface area contributed by atoms with Gasteiger partial charge in [0, 0.05) is 54.7 Å². The largest absolute Gasteiger partial charge is 0.497 e. The molecule has 1 fully saturated rings. The number of piperidine rings is 1. The zero-order valence-electron chi connectivity index (χ0n) is 20.0. The highest BCUT2D eigenvalue weighted by molar-refractivity contribution is 5.95. The van der Waals surface area contributed by atoms with Gasteiger partial charge in [-0.3, -0.25) is 4.79 Å². The second-order valence-electron chi connectivity index (χ2n) is 8.76. The summed E-state index contributed by atoms with van der Waals surface area (Å²) in [4.78, 5) is 27.6. The Morgan fingerprint density at radius 3 is 2.57 bits per heavy atom. The van der Waals surface area contributed by atoms with E-state index in [4.69, 9.17) is 14.5 Å². The molecule has 8 nitrogen and oxygen atoms in total. The van der Waals surface area contributed by atoms with Gasteiger partial charge in [0.15, 0.2) is 5.82 Å². The van der Waals surface area contributed by atoms with E-state index in [1.165, 1.54) is 5.39 Å². The summed E-state index contributed by atoms with van der Waals surface area (Å²) in [5.41, 5.74) is 2.60. The maximum atomic E-state index is 12.7. The van der Waals surface area contributed by atoms with E-state index in [-0.39, 0.29) is 5.91 Å². The molecule has 0 saturated carbocycles. The van der Waals surface area contributed by atoms with Crippen LogP contribution in [0, 0.1) is 5.92 Å². The van der Waals surface area contributed by atoms with Crippen molar-refractivity contribution < 1.29 is 14.3 Å². The summed E-state index contributed by atoms with van der Waals surface area (Å²) in [6, 6.07) is 15.4. The number of H-pyrrole nitrogens is 1. The molecule has 4 aromatic rings. The summed E-state index contributed by atoms with van der Waals surface area (Å²) in [5.74, 6) is 3.15. The van der Waals surface area contributed by atoms with E-state index < -0.39 is 0 Å². The van der Waals surface area contributed by atoms with Crippen LogP contribution in [-0.4, -0.2) is 54.7 Å². The lowest BCUT2D eigenvalue weighted by atomic mass is 9.96. The number of hydrogen-bond acceptors (Lipinski definition) is 6. The number of carbonyl (C=O) groups is 1. The fourth-order valence-corrected chi connectivity index (χ4v) is 4.50. The number of fused-ring (bicyclic) bond motifs is 1. The molecule has 2 aromatic carbocycles. The first-order chi connectivity index (χ1) is 17.1. The van der Waals surface area contributed by atoms with E-state index >= 15 is 0 Å². The summed E-state index contributed by atoms with van der Waals surface area (Å²) in [6.45, 7) is 2.41. The number of ether oxygens (including phenoxy) is 2. The van der Waals surface area contributed by atoms with Crippen LogP contribution in [0.5, 0.6) is 11.5 Å². The predicted octanol–water partition coefficient (Wildman–Crippen LogP) is 4.29. The standard InChI is InChI=1S/C27H29N5O3/c1-34-22-13-21(14-23(16-22)35-2)27(33)30-17-18-7-11-32(12-8-18)25-6-10-29-26(31-25)20-4-3-19-5-9-28-24(19)15-20/h3-6,9-10,13-16,18,28H,7-8,11-12,17H2,1-2H3,(H,30,33). The Morgan fingerprint density at radius 2 is 1.83 bits per heavy atom. The molecule has 0 aliphatic carbocycles. The van der Waals surface area contributed by atoms with Gasteiger partial charge in [0.2, 0.25) is 0 Å². The van der Waals surface area contributed by atoms with Crippen LogP contribution in [0.1, 0.15) is 23.2 Å². The first-order valence-electron chi connectivity index (χ1n) is 11.8. The number of nitrogens with one attached hydrogen (secondary N) is 2. The summed E-state index contributed by atoms with van der Waals surface area (Å²) >= 11 is 0. The zero-order valence-corrected chi connectivity index (χ0v) is 20.0. The molecule has 3 heterocycles. The van der Waals surface area contributed by atoms with Crippen LogP contribution in [0.15, 0.2) is 60.9 Å². The molecule has 0 unspecified atom stereocenters. The van der Waals surface area contributed by atoms with E-state index in [1.807, 2.05) is 18.5 Å². The second-order valence-corrected chi connectivity index (χ2v) is 8.76. The van der Waals surface area contributed by atoms with Crippen LogP contribution in [0.25, 0.3) is 22.3 Å². The van der Waals surface area contributed by atoms with Gasteiger partial charge in [-0.2, -0.15) is 0 Å². The molecular formula is C27H29N5O3. The minimum Gasteiger partial charge on any atom is -0.497 e. The Morgan fingerprint density at radius 1 is 1.06 bits per heavy atom. The Bertz CT molecular complexity index is 1310. The highest BCUT2D eigenvalue weighted by Crippen LogP contribution is 2.26. The molecule has 2 N–H and O–H groups in total. The van der Waals surface area contributed by atoms with E-state index in [0.29, 0.717) is 29.5 Å². The molecule has 5 rings (SSSR count). The van der Waals surface area contributed by atoms with Gasteiger partial charge in [0.25, 0.3) is 5.91 Å². The van der Waals surface area contributed by atoms with Crippen molar-refractivity contribution in [2.75, 3.05) is 38.8 Å². The van der Waals surface area contributed by atoms with Crippen LogP contribution in [0.3, 0.4) is 0 Å². The zero-order chi connectivity index (χ0) is 24.2. The second kappa shape index (κ2) is 10.0. The average Bonchev–Trinajstić information content (AvgIpc) is 3.40. The Hall–Kier alpha value is -4.07. The number of anilines is 1. The lowest BCUT2D eigenvalue weighted by molar-refractivity contribution is 0.0944. The van der Waals surface area contributed by atoms with Crippen molar-refractivity contribution in [3.05, 3.63) is 66.5 Å². The molecule has 1 amide bonds. The Labute approximate surface area is 204 Å². The highest BCUT2D eigenvalue weighted by Gasteiger charge is 2.22. The van der Waals surface area contributed by atoms with E-state index in [2.05, 4.69) is 44.5 Å². The normalized spacial score (nSPS) is 14.2. The molecule has 1 saturated heterocycles. The monoisotopic (exact) mass is 471 g/mol. The van der Waals surface area contributed by atoms with Gasteiger partial charge in [-0.25, -0.2) is 9.97 Å². The number of benzene rings is 2. The summed E-state index contributed by atoms with van der Waals surface area (Å²) in [5, 5.41) is 4.24. The molecule has 180 valence electrons. The molecule has 1 aliphatic heterocycles. The SMILES string of the molecule is COc1cc(OC)cc(C(=O)NCC2CCN(c3ccnc(-c4ccc5cc[nH]c5c4)n3)CC2)c1. The lowest BCUT2D eigenvalue weighted by Gasteiger charge is -2.33. The molecular weight excluding hydrogens is 442 g/mol. The van der Waals surface area contributed by atoms with Crippen LogP contribution in [-0.2, 0) is 0 Å². The predicted molar refractivity (Wildman–Crippen MR) is 136 cm³/mol. The van der Waals surface area contributed by atoms with Crippen LogP contribution in [0.4, 0.5) is 5.82 Å². The smallest absolute Gasteiger partial charge is 0.251 e. The fourth-order valence-electron chi connectivity index (χ4n) is 4.50. The molecule has 2 aromatic heterocycles. The number of aromatic amines is 1. The van der Waals surface area contributed by atoms with Gasteiger partial charge in [-0.05, 0) is 54.5 Å². The third kappa shape index (κ3) is 5.06. The van der Waals surface area contributed by atoms with Gasteiger partial charge < -0.3 is 24.7 Å². The third-order valence-electron chi connectivity index (χ3n) is 6.56. The van der Waals surface area contributed by atoms with Crippen LogP contribution in [0.2, 0.25) is 0 Å². The van der Waals surface area contributed by atoms with Crippen molar-refractivity contribution in [2.24, 2.45) is 5.92 Å². The van der Waals surface area contributed by atoms with Crippen molar-refractivity contribution in [2.45, 2.75) is 12.8 Å².